The highest BCUT2D eigenvalue weighted by molar-refractivity contribution is 5.95. The Morgan fingerprint density at radius 2 is 2.12 bits per heavy atom. The zero-order valence-electron chi connectivity index (χ0n) is 14.4. The molecule has 2 fully saturated rings. The maximum Gasteiger partial charge on any atom is 0.278 e. The minimum absolute atomic E-state index is 0.0472. The van der Waals surface area contributed by atoms with E-state index in [2.05, 4.69) is 12.0 Å². The molecule has 2 N–H and O–H groups in total. The summed E-state index contributed by atoms with van der Waals surface area (Å²) in [5, 5.41) is 25.2. The highest BCUT2D eigenvalue weighted by atomic mass is 16.3. The van der Waals surface area contributed by atoms with Gasteiger partial charge in [0, 0.05) is 6.54 Å². The van der Waals surface area contributed by atoms with Crippen LogP contribution in [0.5, 0.6) is 5.75 Å². The third-order valence-electron chi connectivity index (χ3n) is 5.42. The molecule has 0 spiro atoms. The number of para-hydroxylation sites is 1. The van der Waals surface area contributed by atoms with Crippen molar-refractivity contribution in [2.45, 2.75) is 38.2 Å². The number of hydrogen-bond acceptors (Lipinski definition) is 4. The SMILES string of the molecule is CCc1ccccc1-n1cc(O)c(C(=O)N2CCC(O)(C3CC3)C2)n1. The fourth-order valence-corrected chi connectivity index (χ4v) is 3.77. The molecule has 25 heavy (non-hydrogen) atoms. The quantitative estimate of drug-likeness (QED) is 0.893. The van der Waals surface area contributed by atoms with Gasteiger partial charge in [0.05, 0.1) is 24.0 Å². The van der Waals surface area contributed by atoms with E-state index in [0.29, 0.717) is 25.4 Å². The zero-order chi connectivity index (χ0) is 17.6. The van der Waals surface area contributed by atoms with Crippen LogP contribution < -0.4 is 0 Å². The van der Waals surface area contributed by atoms with Crippen molar-refractivity contribution in [3.05, 3.63) is 41.7 Å². The van der Waals surface area contributed by atoms with Gasteiger partial charge in [-0.05, 0) is 43.2 Å². The maximum atomic E-state index is 12.8. The van der Waals surface area contributed by atoms with Crippen LogP contribution in [0.4, 0.5) is 0 Å². The number of likely N-dealkylation sites (tertiary alicyclic amines) is 1. The van der Waals surface area contributed by atoms with E-state index >= 15 is 0 Å². The van der Waals surface area contributed by atoms with Crippen LogP contribution in [-0.2, 0) is 6.42 Å². The summed E-state index contributed by atoms with van der Waals surface area (Å²) in [5.74, 6) is -0.132. The second-order valence-electron chi connectivity index (χ2n) is 7.14. The first-order chi connectivity index (χ1) is 12.0. The van der Waals surface area contributed by atoms with E-state index in [1.165, 1.54) is 6.20 Å². The maximum absolute atomic E-state index is 12.8. The van der Waals surface area contributed by atoms with Crippen molar-refractivity contribution in [1.82, 2.24) is 14.7 Å². The number of carbonyl (C=O) groups excluding carboxylic acids is 1. The second kappa shape index (κ2) is 5.88. The Labute approximate surface area is 146 Å². The van der Waals surface area contributed by atoms with Gasteiger partial charge in [0.25, 0.3) is 5.91 Å². The molecule has 1 saturated carbocycles. The third kappa shape index (κ3) is 2.80. The smallest absolute Gasteiger partial charge is 0.278 e. The first kappa shape index (κ1) is 16.1. The van der Waals surface area contributed by atoms with E-state index in [4.69, 9.17) is 0 Å². The molecule has 1 atom stereocenters. The lowest BCUT2D eigenvalue weighted by Gasteiger charge is -2.22. The van der Waals surface area contributed by atoms with Crippen LogP contribution >= 0.6 is 0 Å². The number of hydrogen-bond donors (Lipinski definition) is 2. The van der Waals surface area contributed by atoms with Gasteiger partial charge in [-0.15, -0.1) is 0 Å². The number of aliphatic hydroxyl groups is 1. The van der Waals surface area contributed by atoms with Gasteiger partial charge in [0.15, 0.2) is 11.4 Å². The van der Waals surface area contributed by atoms with E-state index in [-0.39, 0.29) is 17.4 Å². The minimum Gasteiger partial charge on any atom is -0.504 e. The monoisotopic (exact) mass is 341 g/mol. The molecule has 2 heterocycles. The van der Waals surface area contributed by atoms with Crippen LogP contribution in [0, 0.1) is 5.92 Å². The van der Waals surface area contributed by atoms with Crippen LogP contribution in [0.3, 0.4) is 0 Å². The van der Waals surface area contributed by atoms with Crippen molar-refractivity contribution in [3.8, 4) is 11.4 Å². The molecule has 2 aliphatic rings. The van der Waals surface area contributed by atoms with Gasteiger partial charge in [0.1, 0.15) is 0 Å². The highest BCUT2D eigenvalue weighted by Gasteiger charge is 2.49. The number of nitrogens with zero attached hydrogens (tertiary/aromatic N) is 3. The van der Waals surface area contributed by atoms with Crippen molar-refractivity contribution in [3.63, 3.8) is 0 Å². The molecular formula is C19H23N3O3. The summed E-state index contributed by atoms with van der Waals surface area (Å²) >= 11 is 0. The van der Waals surface area contributed by atoms with Gasteiger partial charge in [-0.1, -0.05) is 25.1 Å². The Balaban J connectivity index is 1.59. The topological polar surface area (TPSA) is 78.6 Å². The van der Waals surface area contributed by atoms with E-state index in [0.717, 1.165) is 30.5 Å². The Bertz CT molecular complexity index is 812. The number of β-amino-alcohol motifs (C(OH)–C–C–N with tert-alkyl or cyclic N) is 1. The molecule has 1 aliphatic heterocycles. The molecule has 1 saturated heterocycles. The van der Waals surface area contributed by atoms with Gasteiger partial charge in [-0.25, -0.2) is 4.68 Å². The Hall–Kier alpha value is -2.34. The molecule has 1 aliphatic carbocycles. The summed E-state index contributed by atoms with van der Waals surface area (Å²) in [6.45, 7) is 2.88. The Morgan fingerprint density at radius 1 is 1.36 bits per heavy atom. The largest absolute Gasteiger partial charge is 0.504 e. The summed E-state index contributed by atoms with van der Waals surface area (Å²) < 4.78 is 1.56. The van der Waals surface area contributed by atoms with Crippen LogP contribution in [0.15, 0.2) is 30.5 Å². The molecule has 0 bridgehead atoms. The Morgan fingerprint density at radius 3 is 2.84 bits per heavy atom. The van der Waals surface area contributed by atoms with E-state index < -0.39 is 5.60 Å². The van der Waals surface area contributed by atoms with Gasteiger partial charge in [-0.2, -0.15) is 5.10 Å². The van der Waals surface area contributed by atoms with Gasteiger partial charge < -0.3 is 15.1 Å². The molecular weight excluding hydrogens is 318 g/mol. The Kier molecular flexibility index (Phi) is 3.80. The average Bonchev–Trinajstić information content (AvgIpc) is 3.31. The molecule has 1 amide bonds. The summed E-state index contributed by atoms with van der Waals surface area (Å²) in [4.78, 5) is 14.4. The molecule has 2 aromatic rings. The molecule has 1 unspecified atom stereocenters. The van der Waals surface area contributed by atoms with Crippen molar-refractivity contribution in [2.24, 2.45) is 5.92 Å². The van der Waals surface area contributed by atoms with Crippen molar-refractivity contribution in [1.29, 1.82) is 0 Å². The van der Waals surface area contributed by atoms with Gasteiger partial charge in [0.2, 0.25) is 0 Å². The lowest BCUT2D eigenvalue weighted by Crippen LogP contribution is -2.37. The van der Waals surface area contributed by atoms with Crippen LogP contribution in [-0.4, -0.2) is 49.5 Å². The third-order valence-corrected chi connectivity index (χ3v) is 5.42. The number of aryl methyl sites for hydroxylation is 1. The van der Waals surface area contributed by atoms with Crippen molar-refractivity contribution >= 4 is 5.91 Å². The number of rotatable bonds is 4. The van der Waals surface area contributed by atoms with Crippen molar-refractivity contribution in [2.75, 3.05) is 13.1 Å². The molecule has 6 heteroatoms. The van der Waals surface area contributed by atoms with Crippen molar-refractivity contribution < 1.29 is 15.0 Å². The number of aromatic hydroxyl groups is 1. The lowest BCUT2D eigenvalue weighted by molar-refractivity contribution is 0.0255. The van der Waals surface area contributed by atoms with Crippen LogP contribution in [0.2, 0.25) is 0 Å². The molecule has 132 valence electrons. The molecule has 0 radical (unpaired) electrons. The molecule has 6 nitrogen and oxygen atoms in total. The predicted molar refractivity (Wildman–Crippen MR) is 92.8 cm³/mol. The number of benzene rings is 1. The minimum atomic E-state index is -0.761. The predicted octanol–water partition coefficient (Wildman–Crippen LogP) is 2.13. The summed E-state index contributed by atoms with van der Waals surface area (Å²) in [7, 11) is 0. The lowest BCUT2D eigenvalue weighted by atomic mass is 9.97. The van der Waals surface area contributed by atoms with Crippen LogP contribution in [0.25, 0.3) is 5.69 Å². The van der Waals surface area contributed by atoms with E-state index in [1.807, 2.05) is 24.3 Å². The van der Waals surface area contributed by atoms with Gasteiger partial charge in [-0.3, -0.25) is 4.79 Å². The first-order valence-electron chi connectivity index (χ1n) is 8.90. The standard InChI is InChI=1S/C19H23N3O3/c1-2-13-5-3-4-6-15(13)22-11-16(23)17(20-22)18(24)21-10-9-19(25,12-21)14-7-8-14/h3-6,11,14,23,25H,2,7-10,12H2,1H3. The highest BCUT2D eigenvalue weighted by Crippen LogP contribution is 2.44. The van der Waals surface area contributed by atoms with Crippen LogP contribution in [0.1, 0.15) is 42.2 Å². The molecule has 4 rings (SSSR count). The fourth-order valence-electron chi connectivity index (χ4n) is 3.77. The molecule has 1 aromatic heterocycles. The summed E-state index contributed by atoms with van der Waals surface area (Å²) in [6, 6.07) is 7.79. The average molecular weight is 341 g/mol. The van der Waals surface area contributed by atoms with E-state index in [1.54, 1.807) is 9.58 Å². The number of carbonyl (C=O) groups is 1. The number of aromatic nitrogens is 2. The first-order valence-corrected chi connectivity index (χ1v) is 8.90. The second-order valence-corrected chi connectivity index (χ2v) is 7.14. The number of amides is 1. The molecule has 1 aromatic carbocycles. The normalized spacial score (nSPS) is 23.2. The van der Waals surface area contributed by atoms with Gasteiger partial charge >= 0.3 is 0 Å². The zero-order valence-corrected chi connectivity index (χ0v) is 14.4. The summed E-state index contributed by atoms with van der Waals surface area (Å²) in [6.07, 6.45) is 4.98. The fraction of sp³-hybridized carbons (Fsp3) is 0.474. The summed E-state index contributed by atoms with van der Waals surface area (Å²) in [5.41, 5.74) is 1.23. The van der Waals surface area contributed by atoms with E-state index in [9.17, 15) is 15.0 Å².